The summed E-state index contributed by atoms with van der Waals surface area (Å²) >= 11 is 0. The van der Waals surface area contributed by atoms with Gasteiger partial charge in [-0.15, -0.1) is 6.42 Å². The Morgan fingerprint density at radius 3 is 2.00 bits per heavy atom. The molecule has 0 atom stereocenters. The van der Waals surface area contributed by atoms with Crippen molar-refractivity contribution in [1.82, 2.24) is 9.80 Å². The first-order chi connectivity index (χ1) is 5.09. The first-order valence-corrected chi connectivity index (χ1v) is 3.42. The van der Waals surface area contributed by atoms with Crippen molar-refractivity contribution >= 4 is 5.96 Å². The highest BCUT2D eigenvalue weighted by molar-refractivity contribution is 5.79. The lowest BCUT2D eigenvalue weighted by Crippen LogP contribution is -2.35. The Morgan fingerprint density at radius 2 is 1.73 bits per heavy atom. The maximum atomic E-state index is 5.08. The minimum Gasteiger partial charge on any atom is -0.349 e. The van der Waals surface area contributed by atoms with Crippen molar-refractivity contribution in [2.45, 2.75) is 0 Å². The lowest BCUT2D eigenvalue weighted by atomic mass is 10.6. The molecule has 0 aliphatic heterocycles. The summed E-state index contributed by atoms with van der Waals surface area (Å²) in [7, 11) is 7.76. The van der Waals surface area contributed by atoms with Crippen LogP contribution in [0.25, 0.3) is 0 Å². The van der Waals surface area contributed by atoms with Crippen LogP contribution in [0.3, 0.4) is 0 Å². The third-order valence-electron chi connectivity index (χ3n) is 1.11. The number of guanidine groups is 1. The molecule has 0 spiro atoms. The van der Waals surface area contributed by atoms with Crippen LogP contribution in [-0.2, 0) is 0 Å². The van der Waals surface area contributed by atoms with Crippen molar-refractivity contribution in [2.75, 3.05) is 34.7 Å². The average Bonchev–Trinajstić information content (AvgIpc) is 1.87. The smallest absolute Gasteiger partial charge is 0.196 e. The van der Waals surface area contributed by atoms with Gasteiger partial charge in [0.2, 0.25) is 0 Å². The maximum absolute atomic E-state index is 5.08. The molecule has 0 radical (unpaired) electrons. The van der Waals surface area contributed by atoms with Crippen molar-refractivity contribution in [3.63, 3.8) is 0 Å². The van der Waals surface area contributed by atoms with Crippen molar-refractivity contribution in [2.24, 2.45) is 4.99 Å². The van der Waals surface area contributed by atoms with Gasteiger partial charge in [-0.3, -0.25) is 0 Å². The predicted octanol–water partition coefficient (Wildman–Crippen LogP) is 0.0988. The van der Waals surface area contributed by atoms with Crippen LogP contribution in [0, 0.1) is 12.3 Å². The summed E-state index contributed by atoms with van der Waals surface area (Å²) in [6.07, 6.45) is 5.08. The zero-order valence-electron chi connectivity index (χ0n) is 7.63. The van der Waals surface area contributed by atoms with E-state index in [0.29, 0.717) is 6.54 Å². The van der Waals surface area contributed by atoms with E-state index in [1.807, 2.05) is 38.0 Å². The van der Waals surface area contributed by atoms with E-state index >= 15 is 0 Å². The molecule has 0 N–H and O–H groups in total. The van der Waals surface area contributed by atoms with Gasteiger partial charge in [0.05, 0.1) is 0 Å². The lowest BCUT2D eigenvalue weighted by molar-refractivity contribution is 0.481. The van der Waals surface area contributed by atoms with Crippen LogP contribution >= 0.6 is 0 Å². The Bertz CT molecular complexity index is 164. The number of rotatable bonds is 1. The summed E-state index contributed by atoms with van der Waals surface area (Å²) in [5, 5.41) is 0. The fourth-order valence-corrected chi connectivity index (χ4v) is 0.799. The fourth-order valence-electron chi connectivity index (χ4n) is 0.799. The molecule has 3 nitrogen and oxygen atoms in total. The van der Waals surface area contributed by atoms with Crippen molar-refractivity contribution < 1.29 is 0 Å². The molecule has 0 aromatic heterocycles. The molecule has 0 heterocycles. The Hall–Kier alpha value is -1.17. The molecule has 0 unspecified atom stereocenters. The average molecular weight is 153 g/mol. The van der Waals surface area contributed by atoms with Crippen molar-refractivity contribution in [3.05, 3.63) is 0 Å². The first kappa shape index (κ1) is 9.83. The number of terminal acetylenes is 1. The van der Waals surface area contributed by atoms with E-state index in [-0.39, 0.29) is 0 Å². The molecular formula is C8H15N3. The monoisotopic (exact) mass is 153 g/mol. The largest absolute Gasteiger partial charge is 0.349 e. The fraction of sp³-hybridized carbons (Fsp3) is 0.625. The third-order valence-corrected chi connectivity index (χ3v) is 1.11. The zero-order valence-corrected chi connectivity index (χ0v) is 7.63. The number of nitrogens with zero attached hydrogens (tertiary/aromatic N) is 3. The van der Waals surface area contributed by atoms with Gasteiger partial charge in [0.25, 0.3) is 0 Å². The van der Waals surface area contributed by atoms with Crippen LogP contribution in [0.4, 0.5) is 0 Å². The maximum Gasteiger partial charge on any atom is 0.196 e. The van der Waals surface area contributed by atoms with Crippen molar-refractivity contribution in [1.29, 1.82) is 0 Å². The Labute approximate surface area is 68.7 Å². The summed E-state index contributed by atoms with van der Waals surface area (Å²) < 4.78 is 0. The van der Waals surface area contributed by atoms with Crippen LogP contribution in [0.5, 0.6) is 0 Å². The summed E-state index contributed by atoms with van der Waals surface area (Å²) in [6, 6.07) is 0. The standard InChI is InChI=1S/C8H15N3/c1-6-7-9-8(10(2)3)11(4)5/h1H,7H2,2-5H3. The molecule has 0 fully saturated rings. The summed E-state index contributed by atoms with van der Waals surface area (Å²) in [4.78, 5) is 8.03. The predicted molar refractivity (Wildman–Crippen MR) is 48.5 cm³/mol. The van der Waals surface area contributed by atoms with Crippen molar-refractivity contribution in [3.8, 4) is 12.3 Å². The highest BCUT2D eigenvalue weighted by Gasteiger charge is 2.01. The molecule has 0 aliphatic carbocycles. The van der Waals surface area contributed by atoms with E-state index in [2.05, 4.69) is 10.9 Å². The van der Waals surface area contributed by atoms with E-state index in [1.54, 1.807) is 0 Å². The SMILES string of the molecule is C#CCN=C(N(C)C)N(C)C. The Balaban J connectivity index is 4.23. The molecule has 0 amide bonds. The molecule has 0 saturated heterocycles. The van der Waals surface area contributed by atoms with Gasteiger partial charge in [0, 0.05) is 28.2 Å². The van der Waals surface area contributed by atoms with E-state index in [1.165, 1.54) is 0 Å². The normalized spacial score (nSPS) is 8.27. The molecule has 3 heteroatoms. The molecule has 62 valence electrons. The van der Waals surface area contributed by atoms with Crippen LogP contribution in [0.2, 0.25) is 0 Å². The minimum absolute atomic E-state index is 0.436. The second kappa shape index (κ2) is 4.62. The van der Waals surface area contributed by atoms with Gasteiger partial charge in [-0.2, -0.15) is 0 Å². The molecule has 11 heavy (non-hydrogen) atoms. The lowest BCUT2D eigenvalue weighted by Gasteiger charge is -2.22. The van der Waals surface area contributed by atoms with Crippen LogP contribution in [0.15, 0.2) is 4.99 Å². The van der Waals surface area contributed by atoms with E-state index < -0.39 is 0 Å². The van der Waals surface area contributed by atoms with Crippen LogP contribution in [-0.4, -0.2) is 50.5 Å². The molecule has 0 aromatic carbocycles. The first-order valence-electron chi connectivity index (χ1n) is 3.42. The van der Waals surface area contributed by atoms with Gasteiger partial charge < -0.3 is 9.80 Å². The minimum atomic E-state index is 0.436. The van der Waals surface area contributed by atoms with Gasteiger partial charge in [-0.05, 0) is 0 Å². The molecule has 0 aliphatic rings. The molecule has 0 rings (SSSR count). The molecule has 0 aromatic rings. The topological polar surface area (TPSA) is 18.8 Å². The van der Waals surface area contributed by atoms with Gasteiger partial charge in [0.15, 0.2) is 5.96 Å². The van der Waals surface area contributed by atoms with Crippen LogP contribution in [0.1, 0.15) is 0 Å². The molecule has 0 bridgehead atoms. The Morgan fingerprint density at radius 1 is 1.27 bits per heavy atom. The van der Waals surface area contributed by atoms with E-state index in [4.69, 9.17) is 6.42 Å². The van der Waals surface area contributed by atoms with Gasteiger partial charge >= 0.3 is 0 Å². The number of aliphatic imine (C=N–C) groups is 1. The van der Waals surface area contributed by atoms with E-state index in [0.717, 1.165) is 5.96 Å². The quantitative estimate of drug-likeness (QED) is 0.302. The zero-order chi connectivity index (χ0) is 8.85. The Kier molecular flexibility index (Phi) is 4.12. The van der Waals surface area contributed by atoms with Crippen LogP contribution < -0.4 is 0 Å². The number of hydrogen-bond acceptors (Lipinski definition) is 1. The second-order valence-electron chi connectivity index (χ2n) is 2.61. The number of hydrogen-bond donors (Lipinski definition) is 0. The van der Waals surface area contributed by atoms with Gasteiger partial charge in [-0.1, -0.05) is 5.92 Å². The highest BCUT2D eigenvalue weighted by Crippen LogP contribution is 1.87. The second-order valence-corrected chi connectivity index (χ2v) is 2.61. The molecule has 0 saturated carbocycles. The summed E-state index contributed by atoms with van der Waals surface area (Å²) in [5.41, 5.74) is 0. The summed E-state index contributed by atoms with van der Waals surface area (Å²) in [5.74, 6) is 3.36. The summed E-state index contributed by atoms with van der Waals surface area (Å²) in [6.45, 7) is 0.436. The molecular weight excluding hydrogens is 138 g/mol. The van der Waals surface area contributed by atoms with E-state index in [9.17, 15) is 0 Å². The van der Waals surface area contributed by atoms with Gasteiger partial charge in [0.1, 0.15) is 6.54 Å². The third kappa shape index (κ3) is 3.51. The highest BCUT2D eigenvalue weighted by atomic mass is 15.3. The van der Waals surface area contributed by atoms with Gasteiger partial charge in [-0.25, -0.2) is 4.99 Å².